The van der Waals surface area contributed by atoms with E-state index < -0.39 is 11.9 Å². The molecule has 4 heteroatoms. The molecule has 1 aromatic heterocycles. The third kappa shape index (κ3) is 2.94. The zero-order valence-electron chi connectivity index (χ0n) is 9.19. The van der Waals surface area contributed by atoms with Gasteiger partial charge in [0, 0.05) is 24.1 Å². The molecule has 1 rings (SSSR count). The van der Waals surface area contributed by atoms with Gasteiger partial charge in [-0.15, -0.1) is 0 Å². The van der Waals surface area contributed by atoms with Crippen molar-refractivity contribution in [3.05, 3.63) is 24.0 Å². The van der Waals surface area contributed by atoms with Crippen LogP contribution in [-0.4, -0.2) is 22.1 Å². The maximum absolute atomic E-state index is 10.8. The molecule has 2 N–H and O–H groups in total. The Balaban J connectivity index is 2.70. The maximum Gasteiger partial charge on any atom is 0.308 e. The van der Waals surface area contributed by atoms with Gasteiger partial charge in [-0.1, -0.05) is 0 Å². The Bertz CT molecular complexity index is 352. The van der Waals surface area contributed by atoms with Gasteiger partial charge in [-0.3, -0.25) is 9.78 Å². The molecule has 0 aliphatic heterocycles. The number of aromatic nitrogens is 1. The first kappa shape index (κ1) is 11.5. The highest BCUT2D eigenvalue weighted by molar-refractivity contribution is 5.71. The molecule has 0 spiro atoms. The Labute approximate surface area is 89.3 Å². The van der Waals surface area contributed by atoms with Gasteiger partial charge in [0.2, 0.25) is 0 Å². The topological polar surface area (TPSA) is 62.2 Å². The molecule has 2 atom stereocenters. The van der Waals surface area contributed by atoms with E-state index in [0.29, 0.717) is 0 Å². The maximum atomic E-state index is 10.8. The SMILES string of the molecule is Cc1cnccc1NC(C)C(C)C(=O)O. The summed E-state index contributed by atoms with van der Waals surface area (Å²) < 4.78 is 0. The Morgan fingerprint density at radius 2 is 2.20 bits per heavy atom. The fourth-order valence-corrected chi connectivity index (χ4v) is 1.22. The molecule has 2 unspecified atom stereocenters. The number of hydrogen-bond donors (Lipinski definition) is 2. The number of anilines is 1. The number of carbonyl (C=O) groups is 1. The lowest BCUT2D eigenvalue weighted by Gasteiger charge is -2.19. The average molecular weight is 208 g/mol. The van der Waals surface area contributed by atoms with E-state index in [1.54, 1.807) is 19.3 Å². The van der Waals surface area contributed by atoms with Crippen LogP contribution in [0.25, 0.3) is 0 Å². The Morgan fingerprint density at radius 1 is 1.53 bits per heavy atom. The molecule has 0 fully saturated rings. The van der Waals surface area contributed by atoms with Crippen LogP contribution >= 0.6 is 0 Å². The Morgan fingerprint density at radius 3 is 2.73 bits per heavy atom. The number of aryl methyl sites for hydroxylation is 1. The molecule has 0 aliphatic rings. The highest BCUT2D eigenvalue weighted by Crippen LogP contribution is 2.16. The van der Waals surface area contributed by atoms with Crippen LogP contribution in [0.4, 0.5) is 5.69 Å². The van der Waals surface area contributed by atoms with Crippen molar-refractivity contribution in [1.29, 1.82) is 0 Å². The van der Waals surface area contributed by atoms with E-state index in [1.807, 2.05) is 19.9 Å². The molecule has 15 heavy (non-hydrogen) atoms. The zero-order valence-corrected chi connectivity index (χ0v) is 9.19. The second-order valence-electron chi connectivity index (χ2n) is 3.75. The smallest absolute Gasteiger partial charge is 0.308 e. The number of nitrogens with zero attached hydrogens (tertiary/aromatic N) is 1. The van der Waals surface area contributed by atoms with Crippen molar-refractivity contribution in [3.63, 3.8) is 0 Å². The molecule has 4 nitrogen and oxygen atoms in total. The number of rotatable bonds is 4. The third-order valence-corrected chi connectivity index (χ3v) is 2.54. The van der Waals surface area contributed by atoms with Crippen molar-refractivity contribution >= 4 is 11.7 Å². The van der Waals surface area contributed by atoms with Crippen LogP contribution in [-0.2, 0) is 4.79 Å². The van der Waals surface area contributed by atoms with Crippen molar-refractivity contribution in [2.45, 2.75) is 26.8 Å². The molecule has 1 heterocycles. The van der Waals surface area contributed by atoms with E-state index in [-0.39, 0.29) is 6.04 Å². The van der Waals surface area contributed by atoms with Crippen molar-refractivity contribution < 1.29 is 9.90 Å². The number of hydrogen-bond acceptors (Lipinski definition) is 3. The second-order valence-corrected chi connectivity index (χ2v) is 3.75. The van der Waals surface area contributed by atoms with Gasteiger partial charge in [0.15, 0.2) is 0 Å². The summed E-state index contributed by atoms with van der Waals surface area (Å²) in [5.41, 5.74) is 1.95. The third-order valence-electron chi connectivity index (χ3n) is 2.54. The summed E-state index contributed by atoms with van der Waals surface area (Å²) in [5.74, 6) is -1.21. The molecule has 0 aliphatic carbocycles. The quantitative estimate of drug-likeness (QED) is 0.793. The first-order chi connectivity index (χ1) is 7.02. The molecular formula is C11H16N2O2. The molecule has 0 bridgehead atoms. The summed E-state index contributed by atoms with van der Waals surface area (Å²) in [6.45, 7) is 5.49. The van der Waals surface area contributed by atoms with Crippen molar-refractivity contribution in [2.24, 2.45) is 5.92 Å². The Kier molecular flexibility index (Phi) is 3.66. The van der Waals surface area contributed by atoms with Crippen LogP contribution < -0.4 is 5.32 Å². The standard InChI is InChI=1S/C11H16N2O2/c1-7-6-12-5-4-10(7)13-9(3)8(2)11(14)15/h4-6,8-9H,1-3H3,(H,12,13)(H,14,15). The number of carboxylic acids is 1. The van der Waals surface area contributed by atoms with Crippen molar-refractivity contribution in [2.75, 3.05) is 5.32 Å². The summed E-state index contributed by atoms with van der Waals surface area (Å²) in [6.07, 6.45) is 3.44. The number of nitrogens with one attached hydrogen (secondary N) is 1. The lowest BCUT2D eigenvalue weighted by atomic mass is 10.0. The molecule has 0 saturated carbocycles. The largest absolute Gasteiger partial charge is 0.481 e. The monoisotopic (exact) mass is 208 g/mol. The predicted molar refractivity (Wildman–Crippen MR) is 58.9 cm³/mol. The van der Waals surface area contributed by atoms with Gasteiger partial charge >= 0.3 is 5.97 Å². The fourth-order valence-electron chi connectivity index (χ4n) is 1.22. The number of pyridine rings is 1. The van der Waals surface area contributed by atoms with Gasteiger partial charge in [0.25, 0.3) is 0 Å². The van der Waals surface area contributed by atoms with Crippen LogP contribution in [0.2, 0.25) is 0 Å². The van der Waals surface area contributed by atoms with E-state index >= 15 is 0 Å². The van der Waals surface area contributed by atoms with Gasteiger partial charge in [-0.05, 0) is 32.4 Å². The summed E-state index contributed by atoms with van der Waals surface area (Å²) in [5, 5.41) is 12.0. The van der Waals surface area contributed by atoms with Crippen molar-refractivity contribution in [1.82, 2.24) is 4.98 Å². The van der Waals surface area contributed by atoms with E-state index in [4.69, 9.17) is 5.11 Å². The molecular weight excluding hydrogens is 192 g/mol. The van der Waals surface area contributed by atoms with Gasteiger partial charge < -0.3 is 10.4 Å². The van der Waals surface area contributed by atoms with Crippen LogP contribution in [0, 0.1) is 12.8 Å². The number of aliphatic carboxylic acids is 1. The molecule has 0 radical (unpaired) electrons. The molecule has 0 amide bonds. The minimum absolute atomic E-state index is 0.108. The predicted octanol–water partition coefficient (Wildman–Crippen LogP) is 1.91. The van der Waals surface area contributed by atoms with Crippen LogP contribution in [0.1, 0.15) is 19.4 Å². The lowest BCUT2D eigenvalue weighted by molar-refractivity contribution is -0.141. The summed E-state index contributed by atoms with van der Waals surface area (Å²) in [6, 6.07) is 1.74. The minimum Gasteiger partial charge on any atom is -0.481 e. The summed E-state index contributed by atoms with van der Waals surface area (Å²) in [7, 11) is 0. The molecule has 0 saturated heterocycles. The van der Waals surface area contributed by atoms with Crippen molar-refractivity contribution in [3.8, 4) is 0 Å². The second kappa shape index (κ2) is 4.77. The van der Waals surface area contributed by atoms with E-state index in [9.17, 15) is 4.79 Å². The normalized spacial score (nSPS) is 14.3. The minimum atomic E-state index is -0.790. The van der Waals surface area contributed by atoms with Crippen LogP contribution in [0.3, 0.4) is 0 Å². The van der Waals surface area contributed by atoms with Gasteiger partial charge in [-0.25, -0.2) is 0 Å². The van der Waals surface area contributed by atoms with Crippen LogP contribution in [0.15, 0.2) is 18.5 Å². The molecule has 82 valence electrons. The van der Waals surface area contributed by atoms with E-state index in [2.05, 4.69) is 10.3 Å². The summed E-state index contributed by atoms with van der Waals surface area (Å²) in [4.78, 5) is 14.7. The molecule has 0 aromatic carbocycles. The van der Waals surface area contributed by atoms with Gasteiger partial charge in [0.05, 0.1) is 5.92 Å². The number of carboxylic acid groups (broad SMARTS) is 1. The first-order valence-electron chi connectivity index (χ1n) is 4.92. The highest BCUT2D eigenvalue weighted by atomic mass is 16.4. The average Bonchev–Trinajstić information content (AvgIpc) is 2.20. The highest BCUT2D eigenvalue weighted by Gasteiger charge is 2.19. The summed E-state index contributed by atoms with van der Waals surface area (Å²) >= 11 is 0. The Hall–Kier alpha value is -1.58. The lowest BCUT2D eigenvalue weighted by Crippen LogP contribution is -2.29. The van der Waals surface area contributed by atoms with Crippen LogP contribution in [0.5, 0.6) is 0 Å². The first-order valence-corrected chi connectivity index (χ1v) is 4.92. The molecule has 1 aromatic rings. The van der Waals surface area contributed by atoms with Gasteiger partial charge in [0.1, 0.15) is 0 Å². The zero-order chi connectivity index (χ0) is 11.4. The van der Waals surface area contributed by atoms with E-state index in [1.165, 1.54) is 0 Å². The van der Waals surface area contributed by atoms with E-state index in [0.717, 1.165) is 11.3 Å². The fraction of sp³-hybridized carbons (Fsp3) is 0.455. The van der Waals surface area contributed by atoms with Gasteiger partial charge in [-0.2, -0.15) is 0 Å².